The van der Waals surface area contributed by atoms with Crippen molar-refractivity contribution in [2.45, 2.75) is 46.1 Å². The van der Waals surface area contributed by atoms with Gasteiger partial charge in [0.15, 0.2) is 0 Å². The van der Waals surface area contributed by atoms with Crippen molar-refractivity contribution < 1.29 is 4.74 Å². The maximum absolute atomic E-state index is 6.05. The zero-order valence-electron chi connectivity index (χ0n) is 11.8. The van der Waals surface area contributed by atoms with Gasteiger partial charge in [0.25, 0.3) is 0 Å². The smallest absolute Gasteiger partial charge is 0.224 e. The Balaban J connectivity index is 2.13. The molecule has 0 aromatic carbocycles. The largest absolute Gasteiger partial charge is 0.474 e. The molecule has 2 rings (SSSR count). The van der Waals surface area contributed by atoms with E-state index in [1.807, 2.05) is 0 Å². The van der Waals surface area contributed by atoms with Crippen molar-refractivity contribution in [1.82, 2.24) is 9.97 Å². The molecule has 1 aromatic heterocycles. The number of anilines is 1. The number of hydrogen-bond acceptors (Lipinski definition) is 4. The third-order valence-corrected chi connectivity index (χ3v) is 4.12. The molecular formula is C14H22ClN3O. The van der Waals surface area contributed by atoms with Crippen molar-refractivity contribution in [3.05, 3.63) is 11.2 Å². The van der Waals surface area contributed by atoms with Crippen molar-refractivity contribution in [1.29, 1.82) is 0 Å². The van der Waals surface area contributed by atoms with Gasteiger partial charge in [-0.15, -0.1) is 0 Å². The molecule has 0 amide bonds. The zero-order chi connectivity index (χ0) is 14.0. The summed E-state index contributed by atoms with van der Waals surface area (Å²) in [4.78, 5) is 7.96. The number of halogens is 1. The second kappa shape index (κ2) is 5.95. The average molecular weight is 284 g/mol. The minimum Gasteiger partial charge on any atom is -0.474 e. The van der Waals surface area contributed by atoms with Crippen LogP contribution in [0.5, 0.6) is 5.88 Å². The highest BCUT2D eigenvalue weighted by atomic mass is 35.5. The van der Waals surface area contributed by atoms with Gasteiger partial charge in [0.2, 0.25) is 11.8 Å². The molecule has 1 aliphatic rings. The normalized spacial score (nSPS) is 27.5. The van der Waals surface area contributed by atoms with Gasteiger partial charge < -0.3 is 10.5 Å². The molecule has 3 unspecified atom stereocenters. The minimum absolute atomic E-state index is 0.160. The molecule has 0 bridgehead atoms. The van der Waals surface area contributed by atoms with Gasteiger partial charge in [-0.25, -0.2) is 4.98 Å². The Morgan fingerprint density at radius 2 is 2.11 bits per heavy atom. The van der Waals surface area contributed by atoms with E-state index in [-0.39, 0.29) is 12.1 Å². The molecule has 1 aromatic rings. The molecule has 1 saturated carbocycles. The van der Waals surface area contributed by atoms with Gasteiger partial charge in [-0.05, 0) is 30.6 Å². The summed E-state index contributed by atoms with van der Waals surface area (Å²) in [5, 5.41) is 0.326. The molecule has 1 fully saturated rings. The minimum atomic E-state index is 0.160. The Hall–Kier alpha value is -1.03. The summed E-state index contributed by atoms with van der Waals surface area (Å²) in [6.07, 6.45) is 3.73. The lowest BCUT2D eigenvalue weighted by atomic mass is 9.75. The first kappa shape index (κ1) is 14.4. The lowest BCUT2D eigenvalue weighted by Gasteiger charge is -2.36. The van der Waals surface area contributed by atoms with Crippen molar-refractivity contribution in [3.8, 4) is 5.88 Å². The Bertz CT molecular complexity index is 418. The summed E-state index contributed by atoms with van der Waals surface area (Å²) in [6, 6.07) is 1.63. The van der Waals surface area contributed by atoms with Gasteiger partial charge in [-0.2, -0.15) is 4.98 Å². The Labute approximate surface area is 119 Å². The average Bonchev–Trinajstić information content (AvgIpc) is 2.26. The lowest BCUT2D eigenvalue weighted by molar-refractivity contribution is 0.0427. The Morgan fingerprint density at radius 1 is 1.37 bits per heavy atom. The van der Waals surface area contributed by atoms with E-state index in [1.165, 1.54) is 12.8 Å². The standard InChI is InChI=1S/C14H22ClN3O/c1-8(2)10-5-4-9(3)6-11(10)19-13-7-12(15)17-14(16)18-13/h7-11H,4-6H2,1-3H3,(H2,16,17,18). The molecule has 3 atom stereocenters. The summed E-state index contributed by atoms with van der Waals surface area (Å²) in [5.74, 6) is 2.50. The highest BCUT2D eigenvalue weighted by Gasteiger charge is 2.32. The fraction of sp³-hybridized carbons (Fsp3) is 0.714. The predicted molar refractivity (Wildman–Crippen MR) is 77.2 cm³/mol. The summed E-state index contributed by atoms with van der Waals surface area (Å²) >= 11 is 5.88. The fourth-order valence-corrected chi connectivity index (χ4v) is 3.06. The van der Waals surface area contributed by atoms with E-state index in [0.717, 1.165) is 6.42 Å². The van der Waals surface area contributed by atoms with E-state index in [4.69, 9.17) is 22.1 Å². The van der Waals surface area contributed by atoms with Crippen LogP contribution in [0.1, 0.15) is 40.0 Å². The molecule has 106 valence electrons. The third kappa shape index (κ3) is 3.72. The summed E-state index contributed by atoms with van der Waals surface area (Å²) in [7, 11) is 0. The first-order chi connectivity index (χ1) is 8.95. The molecule has 0 radical (unpaired) electrons. The van der Waals surface area contributed by atoms with Crippen LogP contribution >= 0.6 is 11.6 Å². The first-order valence-electron chi connectivity index (χ1n) is 6.92. The predicted octanol–water partition coefficient (Wildman–Crippen LogP) is 3.55. The van der Waals surface area contributed by atoms with Crippen LogP contribution in [0, 0.1) is 17.8 Å². The summed E-state index contributed by atoms with van der Waals surface area (Å²) in [6.45, 7) is 6.77. The van der Waals surface area contributed by atoms with E-state index in [2.05, 4.69) is 30.7 Å². The summed E-state index contributed by atoms with van der Waals surface area (Å²) in [5.41, 5.74) is 5.60. The van der Waals surface area contributed by atoms with Gasteiger partial charge in [0.1, 0.15) is 11.3 Å². The number of nitrogen functional groups attached to an aromatic ring is 1. The van der Waals surface area contributed by atoms with E-state index < -0.39 is 0 Å². The molecular weight excluding hydrogens is 262 g/mol. The second-order valence-electron chi connectivity index (χ2n) is 5.87. The Morgan fingerprint density at radius 3 is 2.74 bits per heavy atom. The third-order valence-electron chi connectivity index (χ3n) is 3.92. The molecule has 0 spiro atoms. The Kier molecular flexibility index (Phi) is 4.50. The van der Waals surface area contributed by atoms with Gasteiger partial charge >= 0.3 is 0 Å². The number of ether oxygens (including phenoxy) is 1. The first-order valence-corrected chi connectivity index (χ1v) is 7.30. The highest BCUT2D eigenvalue weighted by Crippen LogP contribution is 2.35. The van der Waals surface area contributed by atoms with Crippen LogP contribution in [0.4, 0.5) is 5.95 Å². The van der Waals surface area contributed by atoms with E-state index >= 15 is 0 Å². The molecule has 19 heavy (non-hydrogen) atoms. The van der Waals surface area contributed by atoms with Crippen molar-refractivity contribution in [3.63, 3.8) is 0 Å². The zero-order valence-corrected chi connectivity index (χ0v) is 12.5. The number of hydrogen-bond donors (Lipinski definition) is 1. The van der Waals surface area contributed by atoms with Crippen LogP contribution < -0.4 is 10.5 Å². The van der Waals surface area contributed by atoms with Crippen LogP contribution in [-0.2, 0) is 0 Å². The molecule has 1 aliphatic carbocycles. The number of nitrogens with zero attached hydrogens (tertiary/aromatic N) is 2. The number of nitrogens with two attached hydrogens (primary N) is 1. The highest BCUT2D eigenvalue weighted by molar-refractivity contribution is 6.29. The monoisotopic (exact) mass is 283 g/mol. The molecule has 2 N–H and O–H groups in total. The number of rotatable bonds is 3. The van der Waals surface area contributed by atoms with Gasteiger partial charge in [0.05, 0.1) is 0 Å². The molecule has 0 saturated heterocycles. The van der Waals surface area contributed by atoms with Gasteiger partial charge in [0, 0.05) is 6.07 Å². The second-order valence-corrected chi connectivity index (χ2v) is 6.26. The lowest BCUT2D eigenvalue weighted by Crippen LogP contribution is -2.36. The van der Waals surface area contributed by atoms with Gasteiger partial charge in [-0.1, -0.05) is 38.8 Å². The number of aromatic nitrogens is 2. The van der Waals surface area contributed by atoms with Crippen LogP contribution in [0.3, 0.4) is 0 Å². The van der Waals surface area contributed by atoms with Crippen LogP contribution in [0.25, 0.3) is 0 Å². The fourth-order valence-electron chi connectivity index (χ4n) is 2.88. The molecule has 1 heterocycles. The van der Waals surface area contributed by atoms with E-state index in [9.17, 15) is 0 Å². The van der Waals surface area contributed by atoms with Crippen molar-refractivity contribution in [2.24, 2.45) is 17.8 Å². The molecule has 4 nitrogen and oxygen atoms in total. The van der Waals surface area contributed by atoms with E-state index in [0.29, 0.717) is 28.8 Å². The van der Waals surface area contributed by atoms with Crippen LogP contribution in [-0.4, -0.2) is 16.1 Å². The van der Waals surface area contributed by atoms with Crippen molar-refractivity contribution >= 4 is 17.5 Å². The van der Waals surface area contributed by atoms with Crippen LogP contribution in [0.15, 0.2) is 6.07 Å². The maximum Gasteiger partial charge on any atom is 0.224 e. The maximum atomic E-state index is 6.05. The topological polar surface area (TPSA) is 61.0 Å². The summed E-state index contributed by atoms with van der Waals surface area (Å²) < 4.78 is 6.05. The van der Waals surface area contributed by atoms with Crippen LogP contribution in [0.2, 0.25) is 5.15 Å². The van der Waals surface area contributed by atoms with E-state index in [1.54, 1.807) is 6.07 Å². The van der Waals surface area contributed by atoms with Crippen molar-refractivity contribution in [2.75, 3.05) is 5.73 Å². The van der Waals surface area contributed by atoms with Gasteiger partial charge in [-0.3, -0.25) is 0 Å². The molecule has 0 aliphatic heterocycles. The SMILES string of the molecule is CC1CCC(C(C)C)C(Oc2cc(Cl)nc(N)n2)C1. The molecule has 5 heteroatoms. The quantitative estimate of drug-likeness (QED) is 0.862.